The van der Waals surface area contributed by atoms with Crippen molar-refractivity contribution in [3.63, 3.8) is 0 Å². The summed E-state index contributed by atoms with van der Waals surface area (Å²) in [5, 5.41) is 4.30. The molecule has 0 bridgehead atoms. The van der Waals surface area contributed by atoms with Crippen molar-refractivity contribution in [1.82, 2.24) is 0 Å². The average Bonchev–Trinajstić information content (AvgIpc) is 4.02. The molecule has 0 amide bonds. The molecule has 3 heteroatoms. The molecule has 3 nitrogen and oxygen atoms in total. The summed E-state index contributed by atoms with van der Waals surface area (Å²) in [6, 6.07) is 68.6. The fourth-order valence-corrected chi connectivity index (χ4v) is 11.2. The highest BCUT2D eigenvalue weighted by atomic mass is 16.3. The third-order valence-electron chi connectivity index (χ3n) is 14.3. The molecule has 0 atom stereocenters. The third kappa shape index (κ3) is 5.02. The fourth-order valence-electron chi connectivity index (χ4n) is 11.2. The minimum atomic E-state index is -0.189. The molecule has 300 valence electrons. The number of nitrogens with zero attached hydrogens (tertiary/aromatic N) is 1. The molecule has 0 saturated carbocycles. The summed E-state index contributed by atoms with van der Waals surface area (Å²) in [5.74, 6) is 0. The van der Waals surface area contributed by atoms with Crippen molar-refractivity contribution in [2.45, 2.75) is 38.5 Å². The molecule has 0 fully saturated rings. The molecule has 9 aromatic carbocycles. The van der Waals surface area contributed by atoms with Gasteiger partial charge in [-0.15, -0.1) is 0 Å². The molecule has 13 rings (SSSR count). The van der Waals surface area contributed by atoms with Gasteiger partial charge in [0.25, 0.3) is 0 Å². The van der Waals surface area contributed by atoms with Crippen molar-refractivity contribution in [3.8, 4) is 44.5 Å². The van der Waals surface area contributed by atoms with Crippen molar-refractivity contribution in [2.75, 3.05) is 4.90 Å². The second-order valence-electron chi connectivity index (χ2n) is 18.4. The van der Waals surface area contributed by atoms with Crippen LogP contribution in [-0.2, 0) is 10.8 Å². The Hall–Kier alpha value is -7.62. The molecular weight excluding hydrogens is 767 g/mol. The summed E-state index contributed by atoms with van der Waals surface area (Å²) in [4.78, 5) is 2.49. The van der Waals surface area contributed by atoms with Crippen molar-refractivity contribution < 1.29 is 8.83 Å². The SMILES string of the molecule is CC1(C)c2ccccc2-c2ccc(-c3c(N(c4ccc5c(c4)C(C)(C)c4ccccc4-5)c4ccccc4-c4ccccc4)ccc4c3oc3ccc5oc6ccccc6c5c34)cc21. The molecule has 0 N–H and O–H groups in total. The van der Waals surface area contributed by atoms with Crippen LogP contribution in [0.2, 0.25) is 0 Å². The largest absolute Gasteiger partial charge is 0.456 e. The molecule has 0 spiro atoms. The van der Waals surface area contributed by atoms with Gasteiger partial charge in [0, 0.05) is 49.2 Å². The number of rotatable bonds is 5. The van der Waals surface area contributed by atoms with Crippen LogP contribution in [0.25, 0.3) is 88.4 Å². The second-order valence-corrected chi connectivity index (χ2v) is 18.4. The normalized spacial score (nSPS) is 14.3. The van der Waals surface area contributed by atoms with E-state index < -0.39 is 0 Å². The highest BCUT2D eigenvalue weighted by Crippen LogP contribution is 2.55. The fraction of sp³-hybridized carbons (Fsp3) is 0.100. The van der Waals surface area contributed by atoms with Gasteiger partial charge in [0.2, 0.25) is 0 Å². The quantitative estimate of drug-likeness (QED) is 0.173. The van der Waals surface area contributed by atoms with Gasteiger partial charge in [0.1, 0.15) is 22.3 Å². The Balaban J connectivity index is 1.15. The van der Waals surface area contributed by atoms with Gasteiger partial charge in [-0.25, -0.2) is 0 Å². The van der Waals surface area contributed by atoms with Crippen LogP contribution in [-0.4, -0.2) is 0 Å². The van der Waals surface area contributed by atoms with Crippen LogP contribution in [0.15, 0.2) is 197 Å². The summed E-state index contributed by atoms with van der Waals surface area (Å²) >= 11 is 0. The van der Waals surface area contributed by atoms with E-state index in [9.17, 15) is 0 Å². The van der Waals surface area contributed by atoms with Gasteiger partial charge in [0.05, 0.1) is 11.4 Å². The summed E-state index contributed by atoms with van der Waals surface area (Å²) in [6.07, 6.45) is 0. The first-order valence-corrected chi connectivity index (χ1v) is 22.0. The van der Waals surface area contributed by atoms with E-state index in [-0.39, 0.29) is 10.8 Å². The van der Waals surface area contributed by atoms with Gasteiger partial charge in [-0.2, -0.15) is 0 Å². The van der Waals surface area contributed by atoms with Crippen LogP contribution in [0.4, 0.5) is 17.1 Å². The zero-order valence-electron chi connectivity index (χ0n) is 35.7. The molecule has 2 aromatic heterocycles. The number of hydrogen-bond donors (Lipinski definition) is 0. The average molecular weight is 810 g/mol. The van der Waals surface area contributed by atoms with E-state index in [4.69, 9.17) is 8.83 Å². The molecule has 2 aliphatic carbocycles. The lowest BCUT2D eigenvalue weighted by molar-refractivity contribution is 0.660. The highest BCUT2D eigenvalue weighted by molar-refractivity contribution is 6.27. The Morgan fingerprint density at radius 3 is 1.68 bits per heavy atom. The maximum Gasteiger partial charge on any atom is 0.145 e. The van der Waals surface area contributed by atoms with Crippen LogP contribution < -0.4 is 4.90 Å². The minimum absolute atomic E-state index is 0.183. The first kappa shape index (κ1) is 36.1. The van der Waals surface area contributed by atoms with E-state index in [0.29, 0.717) is 0 Å². The number of hydrogen-bond acceptors (Lipinski definition) is 3. The first-order valence-electron chi connectivity index (χ1n) is 22.0. The predicted octanol–water partition coefficient (Wildman–Crippen LogP) is 16.9. The Morgan fingerprint density at radius 1 is 0.365 bits per heavy atom. The zero-order chi connectivity index (χ0) is 42.2. The standard InChI is InChI=1S/C60H43NO2/c1-59(2)46-22-12-8-19-40(46)42-28-26-37(34-48(42)59)55-51(31-30-45-57-54(63-58(45)55)33-32-53-56(57)44-21-11-15-25-52(44)62-53)61(50-24-14-10-18-39(50)36-16-6-5-7-17-36)38-27-29-43-41-20-9-13-23-47(41)60(3,4)49(43)35-38/h5-35H,1-4H3. The Bertz CT molecular complexity index is 3690. The number of furan rings is 2. The maximum absolute atomic E-state index is 7.26. The van der Waals surface area contributed by atoms with Gasteiger partial charge in [-0.3, -0.25) is 0 Å². The van der Waals surface area contributed by atoms with Crippen molar-refractivity contribution >= 4 is 60.9 Å². The monoisotopic (exact) mass is 809 g/mol. The van der Waals surface area contributed by atoms with Gasteiger partial charge >= 0.3 is 0 Å². The highest BCUT2D eigenvalue weighted by Gasteiger charge is 2.38. The van der Waals surface area contributed by atoms with Gasteiger partial charge in [0.15, 0.2) is 0 Å². The van der Waals surface area contributed by atoms with Crippen LogP contribution in [0.5, 0.6) is 0 Å². The minimum Gasteiger partial charge on any atom is -0.456 e. The Morgan fingerprint density at radius 2 is 0.937 bits per heavy atom. The number of para-hydroxylation sites is 2. The third-order valence-corrected chi connectivity index (χ3v) is 14.3. The predicted molar refractivity (Wildman–Crippen MR) is 262 cm³/mol. The van der Waals surface area contributed by atoms with Crippen molar-refractivity contribution in [1.29, 1.82) is 0 Å². The molecule has 0 unspecified atom stereocenters. The topological polar surface area (TPSA) is 29.5 Å². The number of anilines is 3. The van der Waals surface area contributed by atoms with Gasteiger partial charge < -0.3 is 13.7 Å². The smallest absolute Gasteiger partial charge is 0.145 e. The van der Waals surface area contributed by atoms with E-state index in [1.54, 1.807) is 0 Å². The van der Waals surface area contributed by atoms with Crippen LogP contribution in [0.3, 0.4) is 0 Å². The van der Waals surface area contributed by atoms with Gasteiger partial charge in [-0.1, -0.05) is 161 Å². The lowest BCUT2D eigenvalue weighted by Crippen LogP contribution is -2.17. The molecule has 2 aliphatic rings. The van der Waals surface area contributed by atoms with E-state index >= 15 is 0 Å². The van der Waals surface area contributed by atoms with Crippen LogP contribution in [0, 0.1) is 0 Å². The number of benzene rings is 9. The summed E-state index contributed by atoms with van der Waals surface area (Å²) in [6.45, 7) is 9.44. The Kier molecular flexibility index (Phi) is 7.42. The molecule has 2 heterocycles. The van der Waals surface area contributed by atoms with E-state index in [1.165, 1.54) is 44.5 Å². The van der Waals surface area contributed by atoms with E-state index in [1.807, 2.05) is 6.07 Å². The van der Waals surface area contributed by atoms with Crippen LogP contribution >= 0.6 is 0 Å². The summed E-state index contributed by atoms with van der Waals surface area (Å²) in [7, 11) is 0. The van der Waals surface area contributed by atoms with Crippen molar-refractivity contribution in [3.05, 3.63) is 210 Å². The lowest BCUT2D eigenvalue weighted by Gasteiger charge is -2.31. The lowest BCUT2D eigenvalue weighted by atomic mass is 9.81. The summed E-state index contributed by atoms with van der Waals surface area (Å²) in [5.41, 5.74) is 21.3. The first-order chi connectivity index (χ1) is 30.8. The molecule has 63 heavy (non-hydrogen) atoms. The Labute approximate surface area is 366 Å². The van der Waals surface area contributed by atoms with Crippen molar-refractivity contribution in [2.24, 2.45) is 0 Å². The van der Waals surface area contributed by atoms with Gasteiger partial charge in [-0.05, 0) is 110 Å². The molecule has 0 saturated heterocycles. The summed E-state index contributed by atoms with van der Waals surface area (Å²) < 4.78 is 13.7. The second kappa shape index (κ2) is 13.0. The molecular formula is C60H43NO2. The molecule has 0 radical (unpaired) electrons. The van der Waals surface area contributed by atoms with E-state index in [2.05, 4.69) is 215 Å². The molecule has 0 aliphatic heterocycles. The zero-order valence-corrected chi connectivity index (χ0v) is 35.7. The maximum atomic E-state index is 7.26. The number of fused-ring (bicyclic) bond motifs is 13. The molecule has 11 aromatic rings. The van der Waals surface area contributed by atoms with Crippen LogP contribution in [0.1, 0.15) is 49.9 Å². The van der Waals surface area contributed by atoms with E-state index in [0.717, 1.165) is 83.2 Å².